The number of aromatic nitrogens is 1. The molecule has 3 nitrogen and oxygen atoms in total. The molecule has 3 heteroatoms. The Labute approximate surface area is 306 Å². The van der Waals surface area contributed by atoms with E-state index in [0.717, 1.165) is 55.8 Å². The highest BCUT2D eigenvalue weighted by Crippen LogP contribution is 2.41. The molecular formula is C50H32N2O. The van der Waals surface area contributed by atoms with Gasteiger partial charge in [-0.25, -0.2) is 0 Å². The van der Waals surface area contributed by atoms with Gasteiger partial charge in [-0.3, -0.25) is 0 Å². The molecule has 11 rings (SSSR count). The average molecular weight is 677 g/mol. The van der Waals surface area contributed by atoms with Crippen molar-refractivity contribution in [3.05, 3.63) is 194 Å². The molecule has 2 aromatic heterocycles. The first-order chi connectivity index (χ1) is 26.3. The van der Waals surface area contributed by atoms with Crippen LogP contribution < -0.4 is 4.90 Å². The molecular weight excluding hydrogens is 645 g/mol. The van der Waals surface area contributed by atoms with Gasteiger partial charge in [-0.1, -0.05) is 121 Å². The average Bonchev–Trinajstić information content (AvgIpc) is 3.77. The van der Waals surface area contributed by atoms with Gasteiger partial charge in [-0.05, 0) is 105 Å². The predicted octanol–water partition coefficient (Wildman–Crippen LogP) is 14.1. The molecule has 0 aliphatic heterocycles. The standard InChI is InChI=1S/C50H32N2O/c1-2-13-41-34(10-1)20-21-35-24-28-40(32-46(35)41)51(37-26-22-33(23-27-37)36-25-29-45-44-16-5-8-19-49(44)53-50(45)30-36)38-11-9-12-39(31-38)52-47-17-6-3-14-42(47)43-15-4-7-18-48(43)52/h1-32H. The highest BCUT2D eigenvalue weighted by Gasteiger charge is 2.18. The molecule has 0 N–H and O–H groups in total. The number of rotatable bonds is 5. The maximum Gasteiger partial charge on any atom is 0.136 e. The Balaban J connectivity index is 1.08. The summed E-state index contributed by atoms with van der Waals surface area (Å²) in [5, 5.41) is 9.74. The minimum atomic E-state index is 0.902. The van der Waals surface area contributed by atoms with Crippen LogP contribution in [0.3, 0.4) is 0 Å². The SMILES string of the molecule is c1cc(N(c2ccc(-c3ccc4c(c3)oc3ccccc34)cc2)c2ccc3ccc4ccccc4c3c2)cc(-n2c3ccccc3c3ccccc32)c1. The fourth-order valence-electron chi connectivity index (χ4n) is 8.26. The van der Waals surface area contributed by atoms with E-state index < -0.39 is 0 Å². The molecule has 0 amide bonds. The van der Waals surface area contributed by atoms with Gasteiger partial charge in [0.1, 0.15) is 11.2 Å². The first-order valence-electron chi connectivity index (χ1n) is 18.1. The van der Waals surface area contributed by atoms with E-state index in [9.17, 15) is 0 Å². The maximum absolute atomic E-state index is 6.24. The fraction of sp³-hybridized carbons (Fsp3) is 0. The van der Waals surface area contributed by atoms with Crippen LogP contribution in [0.5, 0.6) is 0 Å². The first kappa shape index (κ1) is 29.6. The highest BCUT2D eigenvalue weighted by atomic mass is 16.3. The van der Waals surface area contributed by atoms with Crippen molar-refractivity contribution in [2.24, 2.45) is 0 Å². The number of benzene rings is 9. The second kappa shape index (κ2) is 11.7. The lowest BCUT2D eigenvalue weighted by Gasteiger charge is -2.27. The molecule has 0 aliphatic carbocycles. The molecule has 0 unspecified atom stereocenters. The highest BCUT2D eigenvalue weighted by molar-refractivity contribution is 6.10. The number of furan rings is 1. The molecule has 248 valence electrons. The molecule has 53 heavy (non-hydrogen) atoms. The predicted molar refractivity (Wildman–Crippen MR) is 223 cm³/mol. The van der Waals surface area contributed by atoms with Gasteiger partial charge in [0.15, 0.2) is 0 Å². The van der Waals surface area contributed by atoms with Gasteiger partial charge in [-0.15, -0.1) is 0 Å². The lowest BCUT2D eigenvalue weighted by Crippen LogP contribution is -2.10. The third-order valence-corrected chi connectivity index (χ3v) is 10.8. The summed E-state index contributed by atoms with van der Waals surface area (Å²) >= 11 is 0. The van der Waals surface area contributed by atoms with E-state index in [-0.39, 0.29) is 0 Å². The van der Waals surface area contributed by atoms with Crippen LogP contribution in [0.1, 0.15) is 0 Å². The Morgan fingerprint density at radius 1 is 0.340 bits per heavy atom. The molecule has 2 heterocycles. The van der Waals surface area contributed by atoms with Gasteiger partial charge in [0.05, 0.1) is 11.0 Å². The Morgan fingerprint density at radius 2 is 0.925 bits per heavy atom. The van der Waals surface area contributed by atoms with Crippen LogP contribution in [-0.4, -0.2) is 4.57 Å². The Hall–Kier alpha value is -7.10. The lowest BCUT2D eigenvalue weighted by molar-refractivity contribution is 0.669. The molecule has 0 aliphatic rings. The molecule has 9 aromatic carbocycles. The van der Waals surface area contributed by atoms with Crippen LogP contribution >= 0.6 is 0 Å². The van der Waals surface area contributed by atoms with Gasteiger partial charge >= 0.3 is 0 Å². The third kappa shape index (κ3) is 4.75. The van der Waals surface area contributed by atoms with Crippen LogP contribution in [0.15, 0.2) is 199 Å². The van der Waals surface area contributed by atoms with Crippen molar-refractivity contribution in [3.63, 3.8) is 0 Å². The van der Waals surface area contributed by atoms with Crippen LogP contribution in [-0.2, 0) is 0 Å². The molecule has 0 atom stereocenters. The normalized spacial score (nSPS) is 11.8. The molecule has 0 fully saturated rings. The molecule has 0 saturated heterocycles. The quantitative estimate of drug-likeness (QED) is 0.169. The summed E-state index contributed by atoms with van der Waals surface area (Å²) in [6.07, 6.45) is 0. The molecule has 0 radical (unpaired) electrons. The zero-order valence-corrected chi connectivity index (χ0v) is 28.8. The summed E-state index contributed by atoms with van der Waals surface area (Å²) in [6.45, 7) is 0. The summed E-state index contributed by atoms with van der Waals surface area (Å²) in [4.78, 5) is 2.38. The van der Waals surface area contributed by atoms with Gasteiger partial charge in [0.2, 0.25) is 0 Å². The fourth-order valence-corrected chi connectivity index (χ4v) is 8.26. The van der Waals surface area contributed by atoms with E-state index in [1.807, 2.05) is 12.1 Å². The number of hydrogen-bond donors (Lipinski definition) is 0. The van der Waals surface area contributed by atoms with Gasteiger partial charge in [0.25, 0.3) is 0 Å². The molecule has 0 saturated carbocycles. The number of para-hydroxylation sites is 3. The smallest absolute Gasteiger partial charge is 0.136 e. The summed E-state index contributed by atoms with van der Waals surface area (Å²) in [5.41, 5.74) is 10.9. The van der Waals surface area contributed by atoms with Crippen LogP contribution in [0.4, 0.5) is 17.1 Å². The number of fused-ring (bicyclic) bond motifs is 9. The van der Waals surface area contributed by atoms with E-state index in [4.69, 9.17) is 4.42 Å². The van der Waals surface area contributed by atoms with Crippen molar-refractivity contribution < 1.29 is 4.42 Å². The monoisotopic (exact) mass is 676 g/mol. The minimum absolute atomic E-state index is 0.902. The van der Waals surface area contributed by atoms with Crippen LogP contribution in [0, 0.1) is 0 Å². The summed E-state index contributed by atoms with van der Waals surface area (Å²) in [7, 11) is 0. The number of nitrogens with zero attached hydrogens (tertiary/aromatic N) is 2. The minimum Gasteiger partial charge on any atom is -0.456 e. The zero-order chi connectivity index (χ0) is 34.9. The van der Waals surface area contributed by atoms with E-state index in [2.05, 4.69) is 191 Å². The van der Waals surface area contributed by atoms with E-state index in [0.29, 0.717) is 0 Å². The summed E-state index contributed by atoms with van der Waals surface area (Å²) < 4.78 is 8.63. The Kier molecular flexibility index (Phi) is 6.55. The molecule has 11 aromatic rings. The van der Waals surface area contributed by atoms with Gasteiger partial charge < -0.3 is 13.9 Å². The number of anilines is 3. The number of hydrogen-bond acceptors (Lipinski definition) is 2. The van der Waals surface area contributed by atoms with Gasteiger partial charge in [0, 0.05) is 44.3 Å². The maximum atomic E-state index is 6.24. The van der Waals surface area contributed by atoms with E-state index in [1.165, 1.54) is 43.4 Å². The Morgan fingerprint density at radius 3 is 1.72 bits per heavy atom. The van der Waals surface area contributed by atoms with Gasteiger partial charge in [-0.2, -0.15) is 0 Å². The second-order valence-corrected chi connectivity index (χ2v) is 13.8. The Bertz CT molecular complexity index is 3130. The molecule has 0 spiro atoms. The largest absolute Gasteiger partial charge is 0.456 e. The van der Waals surface area contributed by atoms with Crippen LogP contribution in [0.25, 0.3) is 82.1 Å². The van der Waals surface area contributed by atoms with Crippen LogP contribution in [0.2, 0.25) is 0 Å². The van der Waals surface area contributed by atoms with E-state index >= 15 is 0 Å². The summed E-state index contributed by atoms with van der Waals surface area (Å²) in [5.74, 6) is 0. The van der Waals surface area contributed by atoms with Crippen molar-refractivity contribution in [3.8, 4) is 16.8 Å². The van der Waals surface area contributed by atoms with Crippen molar-refractivity contribution >= 4 is 82.4 Å². The third-order valence-electron chi connectivity index (χ3n) is 10.8. The van der Waals surface area contributed by atoms with Crippen molar-refractivity contribution in [1.82, 2.24) is 4.57 Å². The topological polar surface area (TPSA) is 21.3 Å². The second-order valence-electron chi connectivity index (χ2n) is 13.8. The summed E-state index contributed by atoms with van der Waals surface area (Å²) in [6, 6.07) is 69.9. The van der Waals surface area contributed by atoms with Crippen molar-refractivity contribution in [2.75, 3.05) is 4.90 Å². The lowest BCUT2D eigenvalue weighted by atomic mass is 10.0. The zero-order valence-electron chi connectivity index (χ0n) is 28.8. The van der Waals surface area contributed by atoms with Crippen molar-refractivity contribution in [1.29, 1.82) is 0 Å². The van der Waals surface area contributed by atoms with Crippen molar-refractivity contribution in [2.45, 2.75) is 0 Å². The van der Waals surface area contributed by atoms with E-state index in [1.54, 1.807) is 0 Å². The molecule has 0 bridgehead atoms. The first-order valence-corrected chi connectivity index (χ1v) is 18.1.